The smallest absolute Gasteiger partial charge is 0.192 e. The van der Waals surface area contributed by atoms with E-state index >= 15 is 0 Å². The van der Waals surface area contributed by atoms with Crippen LogP contribution < -0.4 is 0 Å². The van der Waals surface area contributed by atoms with E-state index < -0.39 is 14.4 Å². The normalized spacial score (nSPS) is 17.4. The molecule has 1 N–H and O–H groups in total. The molecule has 0 aromatic rings. The molecule has 0 saturated carbocycles. The summed E-state index contributed by atoms with van der Waals surface area (Å²) in [5.74, 6) is 0. The zero-order valence-electron chi connectivity index (χ0n) is 13.1. The quantitative estimate of drug-likeness (QED) is 0.561. The van der Waals surface area contributed by atoms with Crippen molar-refractivity contribution in [2.75, 3.05) is 0 Å². The Morgan fingerprint density at radius 3 is 1.78 bits per heavy atom. The van der Waals surface area contributed by atoms with E-state index in [4.69, 9.17) is 4.43 Å². The summed E-state index contributed by atoms with van der Waals surface area (Å²) < 4.78 is 7.16. The fraction of sp³-hybridized carbons (Fsp3) is 0.857. The Hall–Kier alpha value is 0.607. The average Bonchev–Trinajstić information content (AvgIpc) is 2.09. The molecule has 0 heterocycles. The Kier molecular flexibility index (Phi) is 6.13. The van der Waals surface area contributed by atoms with Gasteiger partial charge in [0.1, 0.15) is 6.10 Å². The summed E-state index contributed by atoms with van der Waals surface area (Å²) in [4.78, 5) is 0. The van der Waals surface area contributed by atoms with Crippen LogP contribution in [-0.4, -0.2) is 25.6 Å². The molecule has 4 heteroatoms. The number of rotatable bonds is 4. The molecule has 0 amide bonds. The molecule has 0 unspecified atom stereocenters. The zero-order chi connectivity index (χ0) is 14.9. The molecule has 108 valence electrons. The summed E-state index contributed by atoms with van der Waals surface area (Å²) in [6, 6.07) is 0. The van der Waals surface area contributed by atoms with Crippen LogP contribution in [0.2, 0.25) is 18.1 Å². The Bertz CT molecular complexity index is 300. The number of aliphatic hydroxyl groups excluding tert-OH is 1. The third-order valence-corrected chi connectivity index (χ3v) is 8.78. The molecule has 2 nitrogen and oxygen atoms in total. The van der Waals surface area contributed by atoms with Crippen LogP contribution in [0.25, 0.3) is 0 Å². The Morgan fingerprint density at radius 1 is 1.17 bits per heavy atom. The molecule has 0 saturated heterocycles. The van der Waals surface area contributed by atoms with Gasteiger partial charge in [0.2, 0.25) is 0 Å². The van der Waals surface area contributed by atoms with Crippen LogP contribution in [0, 0.1) is 5.41 Å². The average molecular weight is 384 g/mol. The second kappa shape index (κ2) is 5.93. The minimum Gasteiger partial charge on any atom is -0.410 e. The lowest BCUT2D eigenvalue weighted by molar-refractivity contribution is -0.0132. The minimum atomic E-state index is -1.89. The predicted octanol–water partition coefficient (Wildman–Crippen LogP) is 4.73. The van der Waals surface area contributed by atoms with E-state index in [1.54, 1.807) is 0 Å². The van der Waals surface area contributed by atoms with E-state index in [1.807, 2.05) is 0 Å². The summed E-state index contributed by atoms with van der Waals surface area (Å²) in [6.45, 7) is 21.2. The minimum absolute atomic E-state index is 0.108. The van der Waals surface area contributed by atoms with Crippen LogP contribution in [0.1, 0.15) is 41.5 Å². The lowest BCUT2D eigenvalue weighted by atomic mass is 9.86. The highest BCUT2D eigenvalue weighted by atomic mass is 127. The van der Waals surface area contributed by atoms with Gasteiger partial charge in [-0.05, 0) is 46.1 Å². The number of halogens is 1. The van der Waals surface area contributed by atoms with Crippen LogP contribution in [0.15, 0.2) is 10.2 Å². The van der Waals surface area contributed by atoms with E-state index in [1.165, 1.54) is 0 Å². The van der Waals surface area contributed by atoms with Gasteiger partial charge in [0.15, 0.2) is 8.32 Å². The molecule has 0 aliphatic rings. The van der Waals surface area contributed by atoms with E-state index in [9.17, 15) is 5.11 Å². The van der Waals surface area contributed by atoms with E-state index in [0.29, 0.717) is 0 Å². The highest BCUT2D eigenvalue weighted by molar-refractivity contribution is 14.1. The zero-order valence-corrected chi connectivity index (χ0v) is 16.3. The predicted molar refractivity (Wildman–Crippen MR) is 90.7 cm³/mol. The molecule has 0 aromatic heterocycles. The fourth-order valence-corrected chi connectivity index (χ4v) is 3.17. The summed E-state index contributed by atoms with van der Waals surface area (Å²) >= 11 is 2.09. The van der Waals surface area contributed by atoms with E-state index in [0.717, 1.165) is 3.58 Å². The van der Waals surface area contributed by atoms with Gasteiger partial charge in [-0.1, -0.05) is 48.1 Å². The molecule has 0 bridgehead atoms. The SMILES string of the molecule is C=C(I)[C@H](O)[C@@H](O[Si](C)(C)C(C)(C)C)C(C)(C)C. The van der Waals surface area contributed by atoms with Crippen molar-refractivity contribution in [1.82, 2.24) is 0 Å². The fourth-order valence-electron chi connectivity index (χ4n) is 1.37. The Morgan fingerprint density at radius 2 is 1.56 bits per heavy atom. The molecule has 0 aliphatic carbocycles. The maximum Gasteiger partial charge on any atom is 0.192 e. The van der Waals surface area contributed by atoms with Crippen LogP contribution in [0.5, 0.6) is 0 Å². The molecule has 2 atom stereocenters. The lowest BCUT2D eigenvalue weighted by Gasteiger charge is -2.44. The number of hydrogen-bond acceptors (Lipinski definition) is 2. The monoisotopic (exact) mass is 384 g/mol. The van der Waals surface area contributed by atoms with Gasteiger partial charge in [-0.25, -0.2) is 0 Å². The van der Waals surface area contributed by atoms with Crippen molar-refractivity contribution in [2.24, 2.45) is 5.41 Å². The first-order chi connectivity index (χ1) is 7.70. The maximum atomic E-state index is 10.3. The summed E-state index contributed by atoms with van der Waals surface area (Å²) in [5.41, 5.74) is -0.108. The third kappa shape index (κ3) is 4.94. The van der Waals surface area contributed by atoms with Gasteiger partial charge in [-0.3, -0.25) is 0 Å². The molecule has 0 fully saturated rings. The van der Waals surface area contributed by atoms with Crippen molar-refractivity contribution in [2.45, 2.75) is 71.9 Å². The van der Waals surface area contributed by atoms with Crippen LogP contribution in [0.4, 0.5) is 0 Å². The largest absolute Gasteiger partial charge is 0.410 e. The molecular weight excluding hydrogens is 355 g/mol. The number of hydrogen-bond donors (Lipinski definition) is 1. The van der Waals surface area contributed by atoms with Crippen molar-refractivity contribution in [3.8, 4) is 0 Å². The first-order valence-electron chi connectivity index (χ1n) is 6.40. The molecule has 0 radical (unpaired) electrons. The first kappa shape index (κ1) is 18.6. The topological polar surface area (TPSA) is 29.5 Å². The lowest BCUT2D eigenvalue weighted by Crippen LogP contribution is -2.51. The highest BCUT2D eigenvalue weighted by Crippen LogP contribution is 2.41. The highest BCUT2D eigenvalue weighted by Gasteiger charge is 2.44. The van der Waals surface area contributed by atoms with Gasteiger partial charge < -0.3 is 9.53 Å². The van der Waals surface area contributed by atoms with Crippen molar-refractivity contribution in [3.05, 3.63) is 10.2 Å². The van der Waals surface area contributed by atoms with Crippen molar-refractivity contribution < 1.29 is 9.53 Å². The third-order valence-electron chi connectivity index (χ3n) is 3.69. The van der Waals surface area contributed by atoms with E-state index in [2.05, 4.69) is 83.8 Å². The number of aliphatic hydroxyl groups is 1. The molecule has 0 rings (SSSR count). The van der Waals surface area contributed by atoms with Gasteiger partial charge in [-0.2, -0.15) is 0 Å². The van der Waals surface area contributed by atoms with Gasteiger partial charge in [0.25, 0.3) is 0 Å². The van der Waals surface area contributed by atoms with E-state index in [-0.39, 0.29) is 16.6 Å². The van der Waals surface area contributed by atoms with Crippen molar-refractivity contribution in [1.29, 1.82) is 0 Å². The Labute approximate surface area is 127 Å². The van der Waals surface area contributed by atoms with Crippen LogP contribution >= 0.6 is 22.6 Å². The summed E-state index contributed by atoms with van der Waals surface area (Å²) in [6.07, 6.45) is -0.817. The van der Waals surface area contributed by atoms with Crippen LogP contribution in [-0.2, 0) is 4.43 Å². The Balaban J connectivity index is 5.22. The maximum absolute atomic E-state index is 10.3. The molecule has 0 aromatic carbocycles. The standard InChI is InChI=1S/C14H29IO2Si/c1-10(15)11(16)12(13(2,3)4)17-18(8,9)14(5,6)7/h11-12,16H,1H2,2-9H3/t11-,12+/m0/s1. The molecule has 0 spiro atoms. The first-order valence-corrected chi connectivity index (χ1v) is 10.4. The second-order valence-corrected chi connectivity index (χ2v) is 13.7. The summed E-state index contributed by atoms with van der Waals surface area (Å²) in [7, 11) is -1.89. The van der Waals surface area contributed by atoms with Gasteiger partial charge in [0, 0.05) is 3.58 Å². The van der Waals surface area contributed by atoms with Crippen molar-refractivity contribution >= 4 is 30.9 Å². The van der Waals surface area contributed by atoms with Gasteiger partial charge in [-0.15, -0.1) is 0 Å². The van der Waals surface area contributed by atoms with Crippen LogP contribution in [0.3, 0.4) is 0 Å². The molecular formula is C14H29IO2Si. The second-order valence-electron chi connectivity index (χ2n) is 7.56. The van der Waals surface area contributed by atoms with Gasteiger partial charge >= 0.3 is 0 Å². The molecule has 0 aliphatic heterocycles. The van der Waals surface area contributed by atoms with Gasteiger partial charge in [0.05, 0.1) is 6.10 Å². The van der Waals surface area contributed by atoms with Crippen molar-refractivity contribution in [3.63, 3.8) is 0 Å². The molecule has 18 heavy (non-hydrogen) atoms. The summed E-state index contributed by atoms with van der Waals surface area (Å²) in [5, 5.41) is 10.5.